The smallest absolute Gasteiger partial charge is 0.0127 e. The first-order chi connectivity index (χ1) is 9.27. The highest BCUT2D eigenvalue weighted by molar-refractivity contribution is 7.65. The molecule has 2 atom stereocenters. The summed E-state index contributed by atoms with van der Waals surface area (Å²) in [5.74, 6) is 0. The number of rotatable bonds is 6. The molecule has 2 aromatic rings. The minimum atomic E-state index is -0.405. The molecule has 0 amide bonds. The molecular weight excluding hydrogens is 292 g/mol. The summed E-state index contributed by atoms with van der Waals surface area (Å²) in [6, 6.07) is 21.3. The second kappa shape index (κ2) is 7.98. The monoisotopic (exact) mass is 309 g/mol. The van der Waals surface area contributed by atoms with Gasteiger partial charge in [0.2, 0.25) is 0 Å². The molecule has 0 heterocycles. The number of benzene rings is 2. The van der Waals surface area contributed by atoms with Crippen molar-refractivity contribution in [2.45, 2.75) is 0 Å². The predicted molar refractivity (Wildman–Crippen MR) is 90.7 cm³/mol. The minimum absolute atomic E-state index is 0.405. The second-order valence-electron chi connectivity index (χ2n) is 4.20. The lowest BCUT2D eigenvalue weighted by molar-refractivity contribution is 0.894. The van der Waals surface area contributed by atoms with Crippen LogP contribution in [-0.4, -0.2) is 23.6 Å². The first-order valence-corrected chi connectivity index (χ1v) is 9.31. The topological polar surface area (TPSA) is 3.24 Å². The van der Waals surface area contributed by atoms with Gasteiger partial charge >= 0.3 is 0 Å². The fourth-order valence-corrected chi connectivity index (χ4v) is 5.76. The van der Waals surface area contributed by atoms with Gasteiger partial charge in [0, 0.05) is 15.1 Å². The molecule has 0 bridgehead atoms. The first kappa shape index (κ1) is 14.9. The lowest BCUT2D eigenvalue weighted by Crippen LogP contribution is -2.14. The molecule has 1 nitrogen and oxygen atoms in total. The van der Waals surface area contributed by atoms with Crippen LogP contribution in [0.25, 0.3) is 0 Å². The number of halogens is 1. The van der Waals surface area contributed by atoms with Crippen molar-refractivity contribution < 1.29 is 0 Å². The third-order valence-electron chi connectivity index (χ3n) is 2.81. The molecule has 0 radical (unpaired) electrons. The van der Waals surface area contributed by atoms with Gasteiger partial charge in [0.05, 0.1) is 0 Å². The third-order valence-corrected chi connectivity index (χ3v) is 7.23. The van der Waals surface area contributed by atoms with E-state index in [-0.39, 0.29) is 0 Å². The number of hydrogen-bond acceptors (Lipinski definition) is 1. The molecule has 2 rings (SSSR count). The zero-order chi connectivity index (χ0) is 13.5. The maximum absolute atomic E-state index is 6.23. The van der Waals surface area contributed by atoms with Crippen LogP contribution in [0.1, 0.15) is 0 Å². The molecule has 0 aromatic heterocycles. The molecule has 2 unspecified atom stereocenters. The van der Waals surface area contributed by atoms with Gasteiger partial charge < -0.3 is 0 Å². The van der Waals surface area contributed by atoms with Crippen molar-refractivity contribution in [1.29, 1.82) is 0 Å². The quantitative estimate of drug-likeness (QED) is 0.579. The van der Waals surface area contributed by atoms with Gasteiger partial charge in [-0.2, -0.15) is 4.19 Å². The summed E-state index contributed by atoms with van der Waals surface area (Å²) in [6.07, 6.45) is 2.34. The van der Waals surface area contributed by atoms with Crippen LogP contribution in [0.2, 0.25) is 0 Å². The van der Waals surface area contributed by atoms with Crippen LogP contribution in [0.3, 0.4) is 0 Å². The van der Waals surface area contributed by atoms with Crippen LogP contribution in [0.15, 0.2) is 60.7 Å². The van der Waals surface area contributed by atoms with Crippen molar-refractivity contribution in [3.63, 3.8) is 0 Å². The van der Waals surface area contributed by atoms with E-state index in [1.165, 1.54) is 16.8 Å². The molecular formula is C15H18ClNP2. The van der Waals surface area contributed by atoms with Gasteiger partial charge in [-0.1, -0.05) is 69.2 Å². The fraction of sp³-hybridized carbons (Fsp3) is 0.200. The van der Waals surface area contributed by atoms with E-state index in [1.54, 1.807) is 0 Å². The molecule has 0 saturated heterocycles. The van der Waals surface area contributed by atoms with E-state index in [2.05, 4.69) is 60.7 Å². The summed E-state index contributed by atoms with van der Waals surface area (Å²) in [5.41, 5.74) is 0. The van der Waals surface area contributed by atoms with Crippen molar-refractivity contribution in [3.05, 3.63) is 60.7 Å². The van der Waals surface area contributed by atoms with Crippen molar-refractivity contribution >= 4 is 39.0 Å². The third kappa shape index (κ3) is 4.86. The van der Waals surface area contributed by atoms with Gasteiger partial charge in [0.25, 0.3) is 0 Å². The molecule has 0 fully saturated rings. The van der Waals surface area contributed by atoms with E-state index < -0.39 is 8.07 Å². The standard InChI is InChI=1S/C15H18ClNP2/c1-17(16)19(15-10-6-3-7-11-15)13-12-18-14-8-4-2-5-9-14/h2-11,18H,12-13H2,1H3. The van der Waals surface area contributed by atoms with E-state index in [0.717, 1.165) is 14.7 Å². The van der Waals surface area contributed by atoms with Crippen LogP contribution in [0.5, 0.6) is 0 Å². The molecule has 0 aliphatic rings. The highest BCUT2D eigenvalue weighted by atomic mass is 35.5. The molecule has 4 heteroatoms. The lowest BCUT2D eigenvalue weighted by atomic mass is 10.4. The zero-order valence-electron chi connectivity index (χ0n) is 11.0. The maximum atomic E-state index is 6.23. The Balaban J connectivity index is 1.92. The predicted octanol–water partition coefficient (Wildman–Crippen LogP) is 3.80. The van der Waals surface area contributed by atoms with E-state index in [0.29, 0.717) is 0 Å². The first-order valence-electron chi connectivity index (χ1n) is 6.28. The van der Waals surface area contributed by atoms with Crippen LogP contribution in [0, 0.1) is 0 Å². The van der Waals surface area contributed by atoms with Crippen molar-refractivity contribution in [2.75, 3.05) is 19.4 Å². The van der Waals surface area contributed by atoms with Gasteiger partial charge in [0.1, 0.15) is 0 Å². The van der Waals surface area contributed by atoms with Gasteiger partial charge in [-0.05, 0) is 34.7 Å². The molecule has 19 heavy (non-hydrogen) atoms. The number of nitrogens with zero attached hydrogens (tertiary/aromatic N) is 1. The Kier molecular flexibility index (Phi) is 6.28. The minimum Gasteiger partial charge on any atom is -0.197 e. The normalized spacial score (nSPS) is 13.2. The summed E-state index contributed by atoms with van der Waals surface area (Å²) in [4.78, 5) is 0. The summed E-state index contributed by atoms with van der Waals surface area (Å²) >= 11 is 6.23. The second-order valence-corrected chi connectivity index (χ2v) is 8.73. The van der Waals surface area contributed by atoms with E-state index in [4.69, 9.17) is 11.8 Å². The van der Waals surface area contributed by atoms with E-state index in [1.807, 2.05) is 11.2 Å². The van der Waals surface area contributed by atoms with E-state index in [9.17, 15) is 0 Å². The summed E-state index contributed by atoms with van der Waals surface area (Å²) in [6.45, 7) is 0. The lowest BCUT2D eigenvalue weighted by Gasteiger charge is -2.22. The molecule has 0 spiro atoms. The van der Waals surface area contributed by atoms with Crippen LogP contribution < -0.4 is 10.6 Å². The zero-order valence-corrected chi connectivity index (χ0v) is 13.6. The average molecular weight is 310 g/mol. The Hall–Kier alpha value is -0.450. The Morgan fingerprint density at radius 2 is 1.58 bits per heavy atom. The van der Waals surface area contributed by atoms with Gasteiger partial charge in [0.15, 0.2) is 0 Å². The van der Waals surface area contributed by atoms with Crippen molar-refractivity contribution in [2.24, 2.45) is 0 Å². The van der Waals surface area contributed by atoms with Gasteiger partial charge in [-0.15, -0.1) is 0 Å². The van der Waals surface area contributed by atoms with Gasteiger partial charge in [-0.25, -0.2) is 0 Å². The van der Waals surface area contributed by atoms with E-state index >= 15 is 0 Å². The summed E-state index contributed by atoms with van der Waals surface area (Å²) < 4.78 is 1.86. The average Bonchev–Trinajstić information content (AvgIpc) is 2.45. The Bertz CT molecular complexity index is 476. The summed E-state index contributed by atoms with van der Waals surface area (Å²) in [7, 11) is 2.42. The highest BCUT2D eigenvalue weighted by Crippen LogP contribution is 2.40. The van der Waals surface area contributed by atoms with Gasteiger partial charge in [-0.3, -0.25) is 0 Å². The Morgan fingerprint density at radius 1 is 1.00 bits per heavy atom. The summed E-state index contributed by atoms with van der Waals surface area (Å²) in [5, 5.41) is 2.79. The Labute approximate surface area is 123 Å². The SMILES string of the molecule is CN(Cl)P(CCPc1ccccc1)c1ccccc1. The molecule has 2 aromatic carbocycles. The van der Waals surface area contributed by atoms with Crippen LogP contribution in [0.4, 0.5) is 0 Å². The van der Waals surface area contributed by atoms with Crippen molar-refractivity contribution in [3.8, 4) is 0 Å². The Morgan fingerprint density at radius 3 is 2.16 bits per heavy atom. The molecule has 0 aliphatic heterocycles. The molecule has 0 aliphatic carbocycles. The molecule has 100 valence electrons. The van der Waals surface area contributed by atoms with Crippen LogP contribution >= 0.6 is 28.4 Å². The fourth-order valence-electron chi connectivity index (χ4n) is 1.89. The number of hydrogen-bond donors (Lipinski definition) is 0. The van der Waals surface area contributed by atoms with Crippen molar-refractivity contribution in [1.82, 2.24) is 4.19 Å². The van der Waals surface area contributed by atoms with Crippen LogP contribution in [-0.2, 0) is 0 Å². The largest absolute Gasteiger partial charge is 0.197 e. The maximum Gasteiger partial charge on any atom is 0.0127 e. The highest BCUT2D eigenvalue weighted by Gasteiger charge is 2.14. The molecule has 0 saturated carbocycles. The molecule has 0 N–H and O–H groups in total.